The van der Waals surface area contributed by atoms with Crippen molar-refractivity contribution in [2.24, 2.45) is 5.41 Å². The van der Waals surface area contributed by atoms with Crippen molar-refractivity contribution in [2.75, 3.05) is 40.8 Å². The SMILES string of the molecule is CO[C@H](CN(C)CCCN(C)C(C)C)C(C)(C)C. The molecule has 1 atom stereocenters. The van der Waals surface area contributed by atoms with Gasteiger partial charge in [-0.2, -0.15) is 0 Å². The van der Waals surface area contributed by atoms with Crippen molar-refractivity contribution in [3.63, 3.8) is 0 Å². The summed E-state index contributed by atoms with van der Waals surface area (Å²) in [6.07, 6.45) is 1.51. The topological polar surface area (TPSA) is 15.7 Å². The lowest BCUT2D eigenvalue weighted by Gasteiger charge is -2.33. The third kappa shape index (κ3) is 7.34. The molecule has 18 heavy (non-hydrogen) atoms. The fourth-order valence-electron chi connectivity index (χ4n) is 1.92. The van der Waals surface area contributed by atoms with Crippen molar-refractivity contribution in [1.29, 1.82) is 0 Å². The Bertz CT molecular complexity index is 211. The van der Waals surface area contributed by atoms with E-state index in [1.54, 1.807) is 0 Å². The fraction of sp³-hybridized carbons (Fsp3) is 1.00. The lowest BCUT2D eigenvalue weighted by atomic mass is 9.88. The van der Waals surface area contributed by atoms with Crippen molar-refractivity contribution < 1.29 is 4.74 Å². The molecule has 0 bridgehead atoms. The van der Waals surface area contributed by atoms with E-state index in [4.69, 9.17) is 4.74 Å². The Balaban J connectivity index is 3.93. The fourth-order valence-corrected chi connectivity index (χ4v) is 1.92. The van der Waals surface area contributed by atoms with E-state index >= 15 is 0 Å². The van der Waals surface area contributed by atoms with Crippen LogP contribution < -0.4 is 0 Å². The number of methoxy groups -OCH3 is 1. The summed E-state index contributed by atoms with van der Waals surface area (Å²) in [6.45, 7) is 14.5. The number of hydrogen-bond acceptors (Lipinski definition) is 3. The monoisotopic (exact) mass is 258 g/mol. The summed E-state index contributed by atoms with van der Waals surface area (Å²) in [5.41, 5.74) is 0.206. The Morgan fingerprint density at radius 3 is 2.00 bits per heavy atom. The van der Waals surface area contributed by atoms with Crippen molar-refractivity contribution in [1.82, 2.24) is 9.80 Å². The summed E-state index contributed by atoms with van der Waals surface area (Å²) in [5, 5.41) is 0. The second kappa shape index (κ2) is 8.13. The summed E-state index contributed by atoms with van der Waals surface area (Å²) < 4.78 is 5.60. The van der Waals surface area contributed by atoms with Crippen LogP contribution >= 0.6 is 0 Å². The van der Waals surface area contributed by atoms with Gasteiger partial charge in [-0.05, 0) is 52.9 Å². The van der Waals surface area contributed by atoms with E-state index in [0.29, 0.717) is 12.1 Å². The number of hydrogen-bond donors (Lipinski definition) is 0. The molecule has 0 spiro atoms. The van der Waals surface area contributed by atoms with Gasteiger partial charge in [0, 0.05) is 19.7 Å². The first kappa shape index (κ1) is 17.9. The largest absolute Gasteiger partial charge is 0.380 e. The minimum absolute atomic E-state index is 0.206. The Morgan fingerprint density at radius 1 is 1.06 bits per heavy atom. The molecule has 3 heteroatoms. The summed E-state index contributed by atoms with van der Waals surface area (Å²) in [5.74, 6) is 0. The van der Waals surface area contributed by atoms with Gasteiger partial charge in [-0.15, -0.1) is 0 Å². The Kier molecular flexibility index (Phi) is 8.08. The van der Waals surface area contributed by atoms with Gasteiger partial charge in [-0.25, -0.2) is 0 Å². The van der Waals surface area contributed by atoms with Gasteiger partial charge in [-0.1, -0.05) is 20.8 Å². The van der Waals surface area contributed by atoms with Crippen LogP contribution in [0, 0.1) is 5.41 Å². The van der Waals surface area contributed by atoms with E-state index in [2.05, 4.69) is 58.5 Å². The standard InChI is InChI=1S/C15H34N2O/c1-13(2)17(7)11-9-10-16(6)12-14(18-8)15(3,4)5/h13-14H,9-12H2,1-8H3/t14-/m1/s1. The number of rotatable bonds is 8. The summed E-state index contributed by atoms with van der Waals surface area (Å²) in [4.78, 5) is 4.78. The Morgan fingerprint density at radius 2 is 1.61 bits per heavy atom. The first-order chi connectivity index (χ1) is 8.18. The zero-order chi connectivity index (χ0) is 14.3. The molecule has 0 aromatic rings. The molecule has 0 saturated carbocycles. The molecular weight excluding hydrogens is 224 g/mol. The summed E-state index contributed by atoms with van der Waals surface area (Å²) >= 11 is 0. The molecule has 0 aliphatic rings. The first-order valence-corrected chi connectivity index (χ1v) is 7.10. The third-order valence-corrected chi connectivity index (χ3v) is 3.66. The molecule has 0 rings (SSSR count). The van der Waals surface area contributed by atoms with E-state index in [1.807, 2.05) is 7.11 Å². The molecule has 0 aromatic heterocycles. The highest BCUT2D eigenvalue weighted by Crippen LogP contribution is 2.22. The van der Waals surface area contributed by atoms with Crippen LogP contribution in [0.3, 0.4) is 0 Å². The summed E-state index contributed by atoms with van der Waals surface area (Å²) in [7, 11) is 6.20. The van der Waals surface area contributed by atoms with E-state index < -0.39 is 0 Å². The molecule has 0 saturated heterocycles. The number of nitrogens with zero attached hydrogens (tertiary/aromatic N) is 2. The zero-order valence-corrected chi connectivity index (χ0v) is 13.8. The molecule has 0 aromatic carbocycles. The average molecular weight is 258 g/mol. The maximum Gasteiger partial charge on any atom is 0.0746 e. The minimum atomic E-state index is 0.206. The molecule has 0 unspecified atom stereocenters. The van der Waals surface area contributed by atoms with Gasteiger partial charge >= 0.3 is 0 Å². The van der Waals surface area contributed by atoms with Gasteiger partial charge in [0.25, 0.3) is 0 Å². The first-order valence-electron chi connectivity index (χ1n) is 7.10. The number of ether oxygens (including phenoxy) is 1. The van der Waals surface area contributed by atoms with Crippen molar-refractivity contribution in [3.8, 4) is 0 Å². The van der Waals surface area contributed by atoms with Crippen molar-refractivity contribution >= 4 is 0 Å². The molecule has 0 aliphatic heterocycles. The highest BCUT2D eigenvalue weighted by atomic mass is 16.5. The highest BCUT2D eigenvalue weighted by Gasteiger charge is 2.25. The van der Waals surface area contributed by atoms with E-state index in [1.165, 1.54) is 6.42 Å². The smallest absolute Gasteiger partial charge is 0.0746 e. The van der Waals surface area contributed by atoms with Gasteiger partial charge in [0.1, 0.15) is 0 Å². The van der Waals surface area contributed by atoms with Gasteiger partial charge in [0.05, 0.1) is 6.10 Å². The quantitative estimate of drug-likeness (QED) is 0.666. The van der Waals surface area contributed by atoms with Gasteiger partial charge in [0.15, 0.2) is 0 Å². The second-order valence-electron chi connectivity index (χ2n) is 6.78. The molecule has 0 amide bonds. The molecule has 0 aliphatic carbocycles. The van der Waals surface area contributed by atoms with Crippen molar-refractivity contribution in [3.05, 3.63) is 0 Å². The second-order valence-corrected chi connectivity index (χ2v) is 6.78. The third-order valence-electron chi connectivity index (χ3n) is 3.66. The lowest BCUT2D eigenvalue weighted by molar-refractivity contribution is -0.00446. The van der Waals surface area contributed by atoms with Crippen LogP contribution in [0.15, 0.2) is 0 Å². The van der Waals surface area contributed by atoms with E-state index in [9.17, 15) is 0 Å². The van der Waals surface area contributed by atoms with E-state index in [0.717, 1.165) is 19.6 Å². The molecule has 0 N–H and O–H groups in total. The van der Waals surface area contributed by atoms with Crippen LogP contribution in [0.25, 0.3) is 0 Å². The maximum atomic E-state index is 5.60. The lowest BCUT2D eigenvalue weighted by Crippen LogP contribution is -2.40. The molecule has 3 nitrogen and oxygen atoms in total. The van der Waals surface area contributed by atoms with Crippen LogP contribution in [0.4, 0.5) is 0 Å². The Hall–Kier alpha value is -0.120. The molecule has 110 valence electrons. The predicted octanol–water partition coefficient (Wildman–Crippen LogP) is 2.71. The van der Waals surface area contributed by atoms with Gasteiger partial charge in [-0.3, -0.25) is 0 Å². The normalized spacial score (nSPS) is 14.8. The minimum Gasteiger partial charge on any atom is -0.380 e. The molecule has 0 heterocycles. The highest BCUT2D eigenvalue weighted by molar-refractivity contribution is 4.77. The molecular formula is C15H34N2O. The maximum absolute atomic E-state index is 5.60. The molecule has 0 fully saturated rings. The zero-order valence-electron chi connectivity index (χ0n) is 13.8. The van der Waals surface area contributed by atoms with E-state index in [-0.39, 0.29) is 5.41 Å². The van der Waals surface area contributed by atoms with Crippen molar-refractivity contribution in [2.45, 2.75) is 53.2 Å². The predicted molar refractivity (Wildman–Crippen MR) is 80.1 cm³/mol. The van der Waals surface area contributed by atoms with Crippen LogP contribution in [0.2, 0.25) is 0 Å². The van der Waals surface area contributed by atoms with Crippen LogP contribution in [-0.2, 0) is 4.74 Å². The molecule has 0 radical (unpaired) electrons. The van der Waals surface area contributed by atoms with Gasteiger partial charge < -0.3 is 14.5 Å². The summed E-state index contributed by atoms with van der Waals surface area (Å²) in [6, 6.07) is 0.636. The van der Waals surface area contributed by atoms with Crippen LogP contribution in [0.1, 0.15) is 41.0 Å². The number of likely N-dealkylation sites (N-methyl/N-ethyl adjacent to an activating group) is 1. The van der Waals surface area contributed by atoms with Gasteiger partial charge in [0.2, 0.25) is 0 Å². The average Bonchev–Trinajstić information content (AvgIpc) is 2.23. The van der Waals surface area contributed by atoms with Crippen LogP contribution in [0.5, 0.6) is 0 Å². The Labute approximate surface area is 114 Å². The van der Waals surface area contributed by atoms with Crippen LogP contribution in [-0.4, -0.2) is 62.8 Å².